The van der Waals surface area contributed by atoms with Crippen molar-refractivity contribution in [1.29, 1.82) is 0 Å². The SMILES string of the molecule is CCC(=O)OC.[SiH3]O[SiH2]O[SiH3]. The molecule has 0 aliphatic rings. The zero-order valence-electron chi connectivity index (χ0n) is 7.55. The van der Waals surface area contributed by atoms with E-state index in [1.165, 1.54) is 7.11 Å². The van der Waals surface area contributed by atoms with Crippen LogP contribution < -0.4 is 0 Å². The second-order valence-electron chi connectivity index (χ2n) is 1.62. The van der Waals surface area contributed by atoms with Crippen LogP contribution in [0.5, 0.6) is 0 Å². The van der Waals surface area contributed by atoms with Gasteiger partial charge in [0.25, 0.3) is 10.0 Å². The van der Waals surface area contributed by atoms with Crippen LogP contribution in [0.2, 0.25) is 0 Å². The molecule has 0 fully saturated rings. The maximum absolute atomic E-state index is 9.96. The summed E-state index contributed by atoms with van der Waals surface area (Å²) in [5.74, 6) is -0.157. The summed E-state index contributed by atoms with van der Waals surface area (Å²) in [5, 5.41) is 0. The largest absolute Gasteiger partial charge is 0.469 e. The van der Waals surface area contributed by atoms with E-state index in [0.717, 1.165) is 21.0 Å². The fraction of sp³-hybridized carbons (Fsp3) is 0.750. The number of carbonyl (C=O) groups is 1. The summed E-state index contributed by atoms with van der Waals surface area (Å²) in [6.45, 7) is 1.76. The summed E-state index contributed by atoms with van der Waals surface area (Å²) in [5.41, 5.74) is 0. The van der Waals surface area contributed by atoms with E-state index in [0.29, 0.717) is 6.42 Å². The van der Waals surface area contributed by atoms with Gasteiger partial charge in [0.05, 0.1) is 7.11 Å². The van der Waals surface area contributed by atoms with Crippen molar-refractivity contribution < 1.29 is 17.8 Å². The first-order valence-corrected chi connectivity index (χ1v) is 6.06. The van der Waals surface area contributed by atoms with Gasteiger partial charge in [0.2, 0.25) is 0 Å². The van der Waals surface area contributed by atoms with E-state index in [4.69, 9.17) is 8.23 Å². The average Bonchev–Trinajstić information content (AvgIpc) is 2.06. The van der Waals surface area contributed by atoms with Gasteiger partial charge in [-0.15, -0.1) is 0 Å². The molecular weight excluding hydrogens is 196 g/mol. The Morgan fingerprint density at radius 1 is 1.45 bits per heavy atom. The van der Waals surface area contributed by atoms with Crippen LogP contribution in [0.15, 0.2) is 0 Å². The fourth-order valence-electron chi connectivity index (χ4n) is 0.262. The number of hydrogen-bond donors (Lipinski definition) is 0. The molecule has 7 heteroatoms. The van der Waals surface area contributed by atoms with Crippen molar-refractivity contribution in [2.45, 2.75) is 13.3 Å². The van der Waals surface area contributed by atoms with E-state index >= 15 is 0 Å². The van der Waals surface area contributed by atoms with Gasteiger partial charge >= 0.3 is 5.97 Å². The van der Waals surface area contributed by atoms with Gasteiger partial charge in [-0.3, -0.25) is 4.79 Å². The van der Waals surface area contributed by atoms with Crippen molar-refractivity contribution in [1.82, 2.24) is 0 Å². The lowest BCUT2D eigenvalue weighted by atomic mass is 10.5. The average molecular weight is 212 g/mol. The zero-order chi connectivity index (χ0) is 9.11. The monoisotopic (exact) mass is 212 g/mol. The van der Waals surface area contributed by atoms with Gasteiger partial charge in [0.1, 0.15) is 21.0 Å². The van der Waals surface area contributed by atoms with Crippen molar-refractivity contribution in [3.8, 4) is 0 Å². The maximum atomic E-state index is 9.96. The summed E-state index contributed by atoms with van der Waals surface area (Å²) in [4.78, 5) is 9.96. The Hall–Kier alpha value is 0.0406. The van der Waals surface area contributed by atoms with Crippen molar-refractivity contribution in [3.63, 3.8) is 0 Å². The molecule has 11 heavy (non-hydrogen) atoms. The minimum atomic E-state index is -0.444. The molecule has 0 unspecified atom stereocenters. The lowest BCUT2D eigenvalue weighted by molar-refractivity contribution is -0.140. The molecule has 0 aliphatic carbocycles. The number of esters is 1. The van der Waals surface area contributed by atoms with Crippen LogP contribution >= 0.6 is 0 Å². The quantitative estimate of drug-likeness (QED) is 0.373. The first-order valence-electron chi connectivity index (χ1n) is 3.27. The summed E-state index contributed by atoms with van der Waals surface area (Å²) in [7, 11) is 2.65. The van der Waals surface area contributed by atoms with Gasteiger partial charge in [-0.2, -0.15) is 0 Å². The van der Waals surface area contributed by atoms with E-state index in [9.17, 15) is 4.79 Å². The van der Waals surface area contributed by atoms with Crippen LogP contribution in [-0.4, -0.2) is 44.1 Å². The van der Waals surface area contributed by atoms with Gasteiger partial charge in [0.15, 0.2) is 0 Å². The third-order valence-corrected chi connectivity index (χ3v) is 2.64. The second kappa shape index (κ2) is 12.7. The number of ether oxygens (including phenoxy) is 1. The Bertz CT molecular complexity index is 81.4. The summed E-state index contributed by atoms with van der Waals surface area (Å²) >= 11 is 0. The summed E-state index contributed by atoms with van der Waals surface area (Å²) in [6.07, 6.45) is 0.469. The molecule has 0 heterocycles. The van der Waals surface area contributed by atoms with Crippen LogP contribution in [0.3, 0.4) is 0 Å². The molecule has 0 aliphatic heterocycles. The molecule has 0 aromatic carbocycles. The van der Waals surface area contributed by atoms with Crippen molar-refractivity contribution in [2.75, 3.05) is 7.11 Å². The third kappa shape index (κ3) is 17.8. The Balaban J connectivity index is 0. The minimum absolute atomic E-state index is 0.157. The fourth-order valence-corrected chi connectivity index (χ4v) is 3.33. The highest BCUT2D eigenvalue weighted by Gasteiger charge is 1.87. The predicted octanol–water partition coefficient (Wildman–Crippen LogP) is -2.85. The Morgan fingerprint density at radius 2 is 1.91 bits per heavy atom. The van der Waals surface area contributed by atoms with Gasteiger partial charge < -0.3 is 13.0 Å². The van der Waals surface area contributed by atoms with E-state index in [1.807, 2.05) is 0 Å². The molecule has 0 spiro atoms. The zero-order valence-corrected chi connectivity index (χ0v) is 13.0. The predicted molar refractivity (Wildman–Crippen MR) is 52.9 cm³/mol. The van der Waals surface area contributed by atoms with Crippen molar-refractivity contribution in [2.24, 2.45) is 0 Å². The maximum Gasteiger partial charge on any atom is 0.305 e. The first-order chi connectivity index (χ1) is 5.22. The van der Waals surface area contributed by atoms with E-state index < -0.39 is 10.0 Å². The Kier molecular flexibility index (Phi) is 15.7. The Labute approximate surface area is 75.8 Å². The molecule has 0 aromatic rings. The standard InChI is InChI=1S/C4H8O2.H8O2Si3/c1-3-4(5)6-2;3-1-5-2-4/h3H2,1-2H3;5H2,3-4H3. The van der Waals surface area contributed by atoms with Gasteiger partial charge in [0, 0.05) is 6.42 Å². The molecule has 68 valence electrons. The molecule has 0 rings (SSSR count). The lowest BCUT2D eigenvalue weighted by Gasteiger charge is -1.87. The molecule has 0 radical (unpaired) electrons. The van der Waals surface area contributed by atoms with Crippen molar-refractivity contribution >= 4 is 36.9 Å². The Morgan fingerprint density at radius 3 is 1.91 bits per heavy atom. The molecule has 0 amide bonds. The molecule has 0 aromatic heterocycles. The normalized spacial score (nSPS) is 9.64. The minimum Gasteiger partial charge on any atom is -0.469 e. The molecule has 0 bridgehead atoms. The lowest BCUT2D eigenvalue weighted by Crippen LogP contribution is -1.96. The number of rotatable bonds is 3. The highest BCUT2D eigenvalue weighted by Crippen LogP contribution is 1.76. The first kappa shape index (κ1) is 13.6. The highest BCUT2D eigenvalue weighted by atomic mass is 28.3. The highest BCUT2D eigenvalue weighted by molar-refractivity contribution is 6.33. The van der Waals surface area contributed by atoms with Gasteiger partial charge in [-0.05, 0) is 0 Å². The van der Waals surface area contributed by atoms with Crippen LogP contribution in [0.4, 0.5) is 0 Å². The van der Waals surface area contributed by atoms with Crippen molar-refractivity contribution in [3.05, 3.63) is 0 Å². The van der Waals surface area contributed by atoms with Crippen LogP contribution in [0.25, 0.3) is 0 Å². The third-order valence-electron chi connectivity index (χ3n) is 0.752. The molecular formula is C4H16O4Si3. The van der Waals surface area contributed by atoms with E-state index in [1.54, 1.807) is 6.92 Å². The van der Waals surface area contributed by atoms with Crippen LogP contribution in [0, 0.1) is 0 Å². The topological polar surface area (TPSA) is 44.8 Å². The molecule has 0 saturated carbocycles. The number of hydrogen-bond acceptors (Lipinski definition) is 4. The van der Waals surface area contributed by atoms with Gasteiger partial charge in [-0.1, -0.05) is 6.92 Å². The summed E-state index contributed by atoms with van der Waals surface area (Å²) < 4.78 is 13.8. The van der Waals surface area contributed by atoms with E-state index in [2.05, 4.69) is 4.74 Å². The molecule has 0 saturated heterocycles. The number of methoxy groups -OCH3 is 1. The second-order valence-corrected chi connectivity index (χ2v) is 6.48. The van der Waals surface area contributed by atoms with Gasteiger partial charge in [-0.25, -0.2) is 0 Å². The molecule has 0 atom stereocenters. The smallest absolute Gasteiger partial charge is 0.305 e. The molecule has 0 N–H and O–H groups in total. The molecule has 4 nitrogen and oxygen atoms in total. The number of carbonyl (C=O) groups excluding carboxylic acids is 1. The van der Waals surface area contributed by atoms with Crippen LogP contribution in [-0.2, 0) is 17.8 Å². The summed E-state index contributed by atoms with van der Waals surface area (Å²) in [6, 6.07) is 0. The van der Waals surface area contributed by atoms with Crippen LogP contribution in [0.1, 0.15) is 13.3 Å². The van der Waals surface area contributed by atoms with E-state index in [-0.39, 0.29) is 5.97 Å².